The van der Waals surface area contributed by atoms with Gasteiger partial charge in [-0.2, -0.15) is 0 Å². The summed E-state index contributed by atoms with van der Waals surface area (Å²) in [6.45, 7) is 42.1. The van der Waals surface area contributed by atoms with Crippen molar-refractivity contribution in [1.29, 1.82) is 0 Å². The first-order valence-corrected chi connectivity index (χ1v) is 26.5. The summed E-state index contributed by atoms with van der Waals surface area (Å²) in [4.78, 5) is 12.9. The van der Waals surface area contributed by atoms with Gasteiger partial charge in [-0.05, 0) is 231 Å². The number of methoxy groups -OCH3 is 2. The molecule has 6 fully saturated rings. The van der Waals surface area contributed by atoms with E-state index in [0.29, 0.717) is 0 Å². The van der Waals surface area contributed by atoms with Crippen LogP contribution in [0.15, 0.2) is 0 Å². The number of likely N-dealkylation sites (tertiary alicyclic amines) is 5. The minimum absolute atomic E-state index is 0. The van der Waals surface area contributed by atoms with Gasteiger partial charge in [0.15, 0.2) is 0 Å². The maximum Gasteiger partial charge on any atom is 0.0462 e. The molecule has 0 aromatic rings. The molecular formula is C54H117N5O2. The summed E-state index contributed by atoms with van der Waals surface area (Å²) in [6, 6.07) is 1.01. The van der Waals surface area contributed by atoms with Crippen LogP contribution < -0.4 is 0 Å². The summed E-state index contributed by atoms with van der Waals surface area (Å²) in [5, 5.41) is 0. The topological polar surface area (TPSA) is 34.7 Å². The number of rotatable bonds is 13. The van der Waals surface area contributed by atoms with E-state index in [0.717, 1.165) is 55.3 Å². The van der Waals surface area contributed by atoms with E-state index in [1.807, 2.05) is 0 Å². The molecule has 0 radical (unpaired) electrons. The van der Waals surface area contributed by atoms with Gasteiger partial charge in [0, 0.05) is 33.5 Å². The smallest absolute Gasteiger partial charge is 0.0462 e. The molecule has 0 spiro atoms. The Balaban J connectivity index is 0. The van der Waals surface area contributed by atoms with Crippen LogP contribution >= 0.6 is 0 Å². The summed E-state index contributed by atoms with van der Waals surface area (Å²) < 4.78 is 9.47. The van der Waals surface area contributed by atoms with Crippen LogP contribution in [0.2, 0.25) is 0 Å². The van der Waals surface area contributed by atoms with Crippen LogP contribution in [0.5, 0.6) is 0 Å². The lowest BCUT2D eigenvalue weighted by Crippen LogP contribution is -2.34. The zero-order valence-corrected chi connectivity index (χ0v) is 43.6. The summed E-state index contributed by atoms with van der Waals surface area (Å²) in [5.41, 5.74) is 0. The van der Waals surface area contributed by atoms with Crippen LogP contribution in [0.4, 0.5) is 0 Å². The van der Waals surface area contributed by atoms with E-state index in [9.17, 15) is 0 Å². The van der Waals surface area contributed by atoms with E-state index < -0.39 is 0 Å². The van der Waals surface area contributed by atoms with Gasteiger partial charge in [0.1, 0.15) is 0 Å². The van der Waals surface area contributed by atoms with Gasteiger partial charge in [0.05, 0.1) is 0 Å². The largest absolute Gasteiger partial charge is 0.385 e. The second-order valence-electron chi connectivity index (χ2n) is 20.2. The third-order valence-electron chi connectivity index (χ3n) is 13.5. The minimum Gasteiger partial charge on any atom is -0.385 e. The van der Waals surface area contributed by atoms with Crippen molar-refractivity contribution in [2.24, 2.45) is 29.6 Å². The Hall–Kier alpha value is -0.280. The third kappa shape index (κ3) is 38.7. The van der Waals surface area contributed by atoms with E-state index in [-0.39, 0.29) is 7.43 Å². The molecule has 1 saturated carbocycles. The van der Waals surface area contributed by atoms with Crippen molar-refractivity contribution >= 4 is 0 Å². The lowest BCUT2D eigenvalue weighted by Gasteiger charge is -2.29. The van der Waals surface area contributed by atoms with Crippen LogP contribution in [0, 0.1) is 29.6 Å². The molecule has 1 aliphatic carbocycles. The normalized spacial score (nSPS) is 21.8. The fourth-order valence-corrected chi connectivity index (χ4v) is 8.34. The number of hydrogen-bond donors (Lipinski definition) is 0. The second kappa shape index (κ2) is 43.6. The Morgan fingerprint density at radius 2 is 0.705 bits per heavy atom. The number of hydrogen-bond acceptors (Lipinski definition) is 7. The Morgan fingerprint density at radius 1 is 0.377 bits per heavy atom. The minimum atomic E-state index is 0. The van der Waals surface area contributed by atoms with Gasteiger partial charge in [-0.1, -0.05) is 89.5 Å². The average Bonchev–Trinajstić information content (AvgIpc) is 4.11. The molecule has 370 valence electrons. The van der Waals surface area contributed by atoms with Crippen LogP contribution in [0.1, 0.15) is 199 Å². The van der Waals surface area contributed by atoms with Crippen molar-refractivity contribution in [3.05, 3.63) is 0 Å². The summed E-state index contributed by atoms with van der Waals surface area (Å²) in [7, 11) is 5.64. The monoisotopic (exact) mass is 868 g/mol. The van der Waals surface area contributed by atoms with Gasteiger partial charge in [0.25, 0.3) is 0 Å². The molecule has 5 aliphatic heterocycles. The van der Waals surface area contributed by atoms with Crippen molar-refractivity contribution in [2.45, 2.75) is 205 Å². The molecule has 0 atom stereocenters. The molecule has 0 amide bonds. The first-order chi connectivity index (χ1) is 29.0. The summed E-state index contributed by atoms with van der Waals surface area (Å²) in [5.74, 6) is 4.91. The molecule has 5 saturated heterocycles. The fraction of sp³-hybridized carbons (Fsp3) is 1.00. The zero-order valence-electron chi connectivity index (χ0n) is 43.6. The highest BCUT2D eigenvalue weighted by molar-refractivity contribution is 4.86. The second-order valence-corrected chi connectivity index (χ2v) is 20.2. The molecule has 5 heterocycles. The first kappa shape index (κ1) is 62.8. The molecule has 0 bridgehead atoms. The van der Waals surface area contributed by atoms with Crippen LogP contribution in [-0.2, 0) is 9.47 Å². The first-order valence-electron chi connectivity index (χ1n) is 26.5. The lowest BCUT2D eigenvalue weighted by molar-refractivity contribution is 0.184. The van der Waals surface area contributed by atoms with Crippen molar-refractivity contribution in [1.82, 2.24) is 24.5 Å². The molecule has 0 aromatic carbocycles. The van der Waals surface area contributed by atoms with E-state index in [4.69, 9.17) is 9.47 Å². The molecule has 6 rings (SSSR count). The summed E-state index contributed by atoms with van der Waals surface area (Å²) in [6.07, 6.45) is 26.0. The van der Waals surface area contributed by atoms with Gasteiger partial charge in [0.2, 0.25) is 0 Å². The fourth-order valence-electron chi connectivity index (χ4n) is 8.34. The quantitative estimate of drug-likeness (QED) is 0.171. The van der Waals surface area contributed by atoms with Crippen molar-refractivity contribution in [3.8, 4) is 0 Å². The van der Waals surface area contributed by atoms with Gasteiger partial charge in [-0.15, -0.1) is 0 Å². The van der Waals surface area contributed by atoms with Crippen molar-refractivity contribution < 1.29 is 9.47 Å². The third-order valence-corrected chi connectivity index (χ3v) is 13.5. The van der Waals surface area contributed by atoms with Gasteiger partial charge < -0.3 is 34.0 Å². The Labute approximate surface area is 386 Å². The molecule has 0 unspecified atom stereocenters. The Bertz CT molecular complexity index is 794. The molecular weight excluding hydrogens is 751 g/mol. The molecule has 0 N–H and O–H groups in total. The van der Waals surface area contributed by atoms with Crippen molar-refractivity contribution in [3.63, 3.8) is 0 Å². The van der Waals surface area contributed by atoms with E-state index in [1.54, 1.807) is 14.2 Å². The van der Waals surface area contributed by atoms with E-state index in [2.05, 4.69) is 101 Å². The average molecular weight is 869 g/mol. The maximum atomic E-state index is 4.78. The summed E-state index contributed by atoms with van der Waals surface area (Å²) >= 11 is 0. The maximum absolute atomic E-state index is 4.78. The predicted octanol–water partition coefficient (Wildman–Crippen LogP) is 13.1. The van der Waals surface area contributed by atoms with Gasteiger partial charge >= 0.3 is 0 Å². The van der Waals surface area contributed by atoms with Crippen LogP contribution in [0.25, 0.3) is 0 Å². The number of unbranched alkanes of at least 4 members (excludes halogenated alkanes) is 2. The lowest BCUT2D eigenvalue weighted by atomic mass is 9.99. The highest BCUT2D eigenvalue weighted by atomic mass is 16.5. The van der Waals surface area contributed by atoms with E-state index in [1.165, 1.54) is 201 Å². The highest BCUT2D eigenvalue weighted by Gasteiger charge is 2.30. The standard InChI is InChI=1S/C10H21N.C9H17N.2C9H19N.C7H15N.C5H12O.C4H10O.CH4/c1-3-4-7-11-8-5-10(2)6-9-11;1-8-4-6-10(7-5-8)9-2-3-9;2*1-3-6-10-7-4-9(2)5-8-10;1-7-3-5-8(2)6-4-7;1-3-4-5-6-2;1-3-4-5-2;/h10H,3-9H2,1-2H3;8-9H,2-7H2,1H3;2*9H,3-8H2,1-2H3;7H,3-6H2,1-2H3;3-5H2,1-2H3;3-4H2,1-2H3;1H4. The molecule has 0 aromatic heterocycles. The van der Waals surface area contributed by atoms with Crippen molar-refractivity contribution in [2.75, 3.05) is 120 Å². The molecule has 7 heteroatoms. The van der Waals surface area contributed by atoms with E-state index >= 15 is 0 Å². The number of piperidine rings is 5. The molecule has 6 aliphatic rings. The molecule has 7 nitrogen and oxygen atoms in total. The van der Waals surface area contributed by atoms with Gasteiger partial charge in [-0.25, -0.2) is 0 Å². The Morgan fingerprint density at radius 3 is 0.951 bits per heavy atom. The predicted molar refractivity (Wildman–Crippen MR) is 275 cm³/mol. The highest BCUT2D eigenvalue weighted by Crippen LogP contribution is 2.30. The SMILES string of the molecule is C.CC1CCN(C)CC1.CC1CCN(C2CC2)CC1.CCCCN1CCC(C)CC1.CCCCOC.CCCN1CCC(C)CC1.CCCN1CCC(C)CC1.CCCOC. The molecule has 61 heavy (non-hydrogen) atoms. The Kier molecular flexibility index (Phi) is 44.9. The van der Waals surface area contributed by atoms with Crippen LogP contribution in [-0.4, -0.2) is 150 Å². The number of nitrogens with zero attached hydrogens (tertiary/aromatic N) is 5. The van der Waals surface area contributed by atoms with Gasteiger partial charge in [-0.3, -0.25) is 0 Å². The van der Waals surface area contributed by atoms with Crippen LogP contribution in [0.3, 0.4) is 0 Å². The number of ether oxygens (including phenoxy) is 2. The zero-order chi connectivity index (χ0) is 44.8.